The molecule has 24 heavy (non-hydrogen) atoms. The summed E-state index contributed by atoms with van der Waals surface area (Å²) in [7, 11) is 0. The molecule has 0 fully saturated rings. The molecule has 0 saturated heterocycles. The zero-order chi connectivity index (χ0) is 16.1. The summed E-state index contributed by atoms with van der Waals surface area (Å²) >= 11 is 1.92. The van der Waals surface area contributed by atoms with Crippen molar-refractivity contribution >= 4 is 53.1 Å². The molecule has 0 aliphatic heterocycles. The largest absolute Gasteiger partial charge is 0.135 e. The molecule has 0 unspecified atom stereocenters. The van der Waals surface area contributed by atoms with Crippen LogP contribution in [0.4, 0.5) is 0 Å². The number of fused-ring (bicyclic) bond motifs is 7. The van der Waals surface area contributed by atoms with E-state index in [0.717, 1.165) is 6.42 Å². The molecule has 1 aromatic heterocycles. The van der Waals surface area contributed by atoms with Crippen LogP contribution in [0.15, 0.2) is 66.7 Å². The van der Waals surface area contributed by atoms with Gasteiger partial charge in [-0.05, 0) is 45.7 Å². The smallest absolute Gasteiger partial charge is 0.0361 e. The first kappa shape index (κ1) is 14.0. The molecule has 4 aromatic carbocycles. The number of aryl methyl sites for hydroxylation is 1. The van der Waals surface area contributed by atoms with Gasteiger partial charge in [0.25, 0.3) is 0 Å². The molecule has 0 nitrogen and oxygen atoms in total. The van der Waals surface area contributed by atoms with Crippen LogP contribution in [0.5, 0.6) is 0 Å². The fourth-order valence-corrected chi connectivity index (χ4v) is 5.04. The zero-order valence-corrected chi connectivity index (χ0v) is 14.5. The second-order valence-corrected chi connectivity index (χ2v) is 7.59. The molecule has 116 valence electrons. The van der Waals surface area contributed by atoms with Gasteiger partial charge in [0.1, 0.15) is 0 Å². The van der Waals surface area contributed by atoms with Gasteiger partial charge in [-0.1, -0.05) is 67.9 Å². The molecule has 1 heterocycles. The van der Waals surface area contributed by atoms with Crippen molar-refractivity contribution in [3.63, 3.8) is 0 Å². The van der Waals surface area contributed by atoms with Crippen LogP contribution < -0.4 is 0 Å². The summed E-state index contributed by atoms with van der Waals surface area (Å²) in [5, 5.41) is 8.21. The monoisotopic (exact) mass is 326 g/mol. The van der Waals surface area contributed by atoms with Gasteiger partial charge in [0.05, 0.1) is 0 Å². The van der Waals surface area contributed by atoms with Gasteiger partial charge in [-0.3, -0.25) is 0 Å². The summed E-state index contributed by atoms with van der Waals surface area (Å²) in [5.74, 6) is 0. The van der Waals surface area contributed by atoms with Crippen molar-refractivity contribution in [2.75, 3.05) is 0 Å². The average molecular weight is 326 g/mol. The summed E-state index contributed by atoms with van der Waals surface area (Å²) in [4.78, 5) is 0. The molecule has 0 atom stereocenters. The molecule has 0 aliphatic carbocycles. The van der Waals surface area contributed by atoms with Crippen molar-refractivity contribution in [1.82, 2.24) is 0 Å². The van der Waals surface area contributed by atoms with E-state index in [-0.39, 0.29) is 0 Å². The lowest BCUT2D eigenvalue weighted by Gasteiger charge is -2.05. The summed E-state index contributed by atoms with van der Waals surface area (Å²) in [6.07, 6.45) is 2.36. The highest BCUT2D eigenvalue weighted by atomic mass is 32.1. The van der Waals surface area contributed by atoms with Crippen molar-refractivity contribution in [2.24, 2.45) is 0 Å². The number of thiophene rings is 1. The lowest BCUT2D eigenvalue weighted by atomic mass is 9.98. The van der Waals surface area contributed by atoms with Gasteiger partial charge in [-0.2, -0.15) is 0 Å². The SMILES string of the molecule is CCCc1ccc2c(c1)sc1ccc3c4ccccc4ccc3c12. The fourth-order valence-electron chi connectivity index (χ4n) is 3.85. The maximum Gasteiger partial charge on any atom is 0.0361 e. The van der Waals surface area contributed by atoms with E-state index in [9.17, 15) is 0 Å². The Labute approximate surface area is 145 Å². The fraction of sp³-hybridized carbons (Fsp3) is 0.130. The number of hydrogen-bond donors (Lipinski definition) is 0. The zero-order valence-electron chi connectivity index (χ0n) is 13.7. The molecule has 0 bridgehead atoms. The Morgan fingerprint density at radius 1 is 0.708 bits per heavy atom. The predicted octanol–water partition coefficient (Wildman–Crippen LogP) is 7.31. The van der Waals surface area contributed by atoms with E-state index >= 15 is 0 Å². The molecule has 5 rings (SSSR count). The molecule has 0 aliphatic rings. The third-order valence-corrected chi connectivity index (χ3v) is 6.08. The Bertz CT molecular complexity index is 1210. The summed E-state index contributed by atoms with van der Waals surface area (Å²) in [6, 6.07) is 24.8. The molecular formula is C23H18S. The lowest BCUT2D eigenvalue weighted by molar-refractivity contribution is 0.924. The Morgan fingerprint density at radius 3 is 2.46 bits per heavy atom. The average Bonchev–Trinajstić information content (AvgIpc) is 2.99. The Morgan fingerprint density at radius 2 is 1.54 bits per heavy atom. The Kier molecular flexibility index (Phi) is 3.11. The number of benzene rings is 4. The minimum Gasteiger partial charge on any atom is -0.135 e. The van der Waals surface area contributed by atoms with Crippen LogP contribution in [0.1, 0.15) is 18.9 Å². The lowest BCUT2D eigenvalue weighted by Crippen LogP contribution is -1.81. The Balaban J connectivity index is 1.92. The van der Waals surface area contributed by atoms with Crippen molar-refractivity contribution in [1.29, 1.82) is 0 Å². The van der Waals surface area contributed by atoms with Crippen LogP contribution in [-0.2, 0) is 6.42 Å². The normalized spacial score (nSPS) is 11.9. The van der Waals surface area contributed by atoms with E-state index in [1.165, 1.54) is 53.7 Å². The van der Waals surface area contributed by atoms with E-state index in [0.29, 0.717) is 0 Å². The van der Waals surface area contributed by atoms with E-state index in [2.05, 4.69) is 73.7 Å². The minimum atomic E-state index is 1.16. The van der Waals surface area contributed by atoms with E-state index in [1.54, 1.807) is 0 Å². The quantitative estimate of drug-likeness (QED) is 0.298. The van der Waals surface area contributed by atoms with Crippen molar-refractivity contribution in [3.05, 3.63) is 72.3 Å². The van der Waals surface area contributed by atoms with Gasteiger partial charge in [0, 0.05) is 20.2 Å². The van der Waals surface area contributed by atoms with Gasteiger partial charge >= 0.3 is 0 Å². The van der Waals surface area contributed by atoms with E-state index < -0.39 is 0 Å². The third-order valence-electron chi connectivity index (χ3n) is 4.96. The molecular weight excluding hydrogens is 308 g/mol. The van der Waals surface area contributed by atoms with Crippen LogP contribution in [0.3, 0.4) is 0 Å². The Hall–Kier alpha value is -2.38. The van der Waals surface area contributed by atoms with Crippen LogP contribution in [-0.4, -0.2) is 0 Å². The highest BCUT2D eigenvalue weighted by molar-refractivity contribution is 7.26. The first-order valence-electron chi connectivity index (χ1n) is 8.61. The van der Waals surface area contributed by atoms with Crippen LogP contribution in [0.25, 0.3) is 41.7 Å². The second kappa shape index (κ2) is 5.32. The third kappa shape index (κ3) is 1.98. The number of rotatable bonds is 2. The predicted molar refractivity (Wildman–Crippen MR) is 108 cm³/mol. The van der Waals surface area contributed by atoms with Gasteiger partial charge in [0.15, 0.2) is 0 Å². The van der Waals surface area contributed by atoms with Gasteiger partial charge in [0.2, 0.25) is 0 Å². The maximum absolute atomic E-state index is 2.39. The molecule has 0 spiro atoms. The highest BCUT2D eigenvalue weighted by Gasteiger charge is 2.10. The van der Waals surface area contributed by atoms with E-state index in [1.807, 2.05) is 11.3 Å². The minimum absolute atomic E-state index is 1.16. The first-order valence-corrected chi connectivity index (χ1v) is 9.42. The van der Waals surface area contributed by atoms with Crippen LogP contribution in [0, 0.1) is 0 Å². The molecule has 5 aromatic rings. The summed E-state index contributed by atoms with van der Waals surface area (Å²) < 4.78 is 2.80. The second-order valence-electron chi connectivity index (χ2n) is 6.50. The molecule has 0 saturated carbocycles. The molecule has 0 amide bonds. The molecule has 0 radical (unpaired) electrons. The highest BCUT2D eigenvalue weighted by Crippen LogP contribution is 2.40. The van der Waals surface area contributed by atoms with Crippen molar-refractivity contribution in [2.45, 2.75) is 19.8 Å². The van der Waals surface area contributed by atoms with Gasteiger partial charge < -0.3 is 0 Å². The first-order chi connectivity index (χ1) is 11.8. The number of hydrogen-bond acceptors (Lipinski definition) is 1. The summed E-state index contributed by atoms with van der Waals surface area (Å²) in [5.41, 5.74) is 1.45. The molecule has 0 N–H and O–H groups in total. The topological polar surface area (TPSA) is 0 Å². The standard InChI is InChI=1S/C23H18S/c1-2-5-15-8-10-20-22(14-15)24-21-13-12-18-17-7-4-3-6-16(17)9-11-19(18)23(20)21/h3-4,6-14H,2,5H2,1H3. The summed E-state index contributed by atoms with van der Waals surface area (Å²) in [6.45, 7) is 2.24. The van der Waals surface area contributed by atoms with Crippen LogP contribution in [0.2, 0.25) is 0 Å². The maximum atomic E-state index is 2.39. The van der Waals surface area contributed by atoms with Crippen LogP contribution >= 0.6 is 11.3 Å². The van der Waals surface area contributed by atoms with E-state index in [4.69, 9.17) is 0 Å². The van der Waals surface area contributed by atoms with Gasteiger partial charge in [-0.15, -0.1) is 11.3 Å². The van der Waals surface area contributed by atoms with Gasteiger partial charge in [-0.25, -0.2) is 0 Å². The van der Waals surface area contributed by atoms with Crippen molar-refractivity contribution in [3.8, 4) is 0 Å². The molecule has 1 heteroatoms. The van der Waals surface area contributed by atoms with Crippen molar-refractivity contribution < 1.29 is 0 Å².